The number of unbranched alkanes of at least 4 members (excludes halogenated alkanes) is 62. The number of esters is 1. The van der Waals surface area contributed by atoms with Gasteiger partial charge in [-0.05, 0) is 51.4 Å². The highest BCUT2D eigenvalue weighted by Crippen LogP contribution is 2.20. The third-order valence-corrected chi connectivity index (χ3v) is 18.8. The highest BCUT2D eigenvalue weighted by molar-refractivity contribution is 5.76. The lowest BCUT2D eigenvalue weighted by atomic mass is 10.0. The van der Waals surface area contributed by atoms with Gasteiger partial charge in [0.15, 0.2) is 0 Å². The Labute approximate surface area is 533 Å². The maximum absolute atomic E-state index is 12.6. The quantitative estimate of drug-likeness (QED) is 0.0320. The number of allylic oxidation sites excluding steroid dienone is 2. The normalized spacial score (nSPS) is 12.5. The van der Waals surface area contributed by atoms with E-state index < -0.39 is 12.1 Å². The molecule has 0 saturated carbocycles. The molecule has 2 atom stereocenters. The number of hydrogen-bond donors (Lipinski definition) is 3. The minimum Gasteiger partial charge on any atom is -0.466 e. The molecular weight excluding hydrogens is 1040 g/mol. The van der Waals surface area contributed by atoms with Crippen molar-refractivity contribution >= 4 is 11.9 Å². The van der Waals surface area contributed by atoms with Crippen LogP contribution in [0.3, 0.4) is 0 Å². The first-order valence-electron chi connectivity index (χ1n) is 39.4. The number of hydrogen-bond acceptors (Lipinski definition) is 5. The van der Waals surface area contributed by atoms with Crippen LogP contribution in [-0.2, 0) is 14.3 Å². The van der Waals surface area contributed by atoms with Gasteiger partial charge >= 0.3 is 5.97 Å². The average Bonchev–Trinajstić information content (AvgIpc) is 3.51. The Morgan fingerprint density at radius 1 is 0.318 bits per heavy atom. The molecule has 0 rings (SSSR count). The van der Waals surface area contributed by atoms with Gasteiger partial charge in [0.05, 0.1) is 25.4 Å². The van der Waals surface area contributed by atoms with Crippen LogP contribution in [0, 0.1) is 0 Å². The van der Waals surface area contributed by atoms with E-state index in [-0.39, 0.29) is 18.5 Å². The van der Waals surface area contributed by atoms with Crippen molar-refractivity contribution in [2.75, 3.05) is 13.2 Å². The fourth-order valence-electron chi connectivity index (χ4n) is 12.8. The summed E-state index contributed by atoms with van der Waals surface area (Å²) in [4.78, 5) is 24.6. The Morgan fingerprint density at radius 3 is 0.835 bits per heavy atom. The topological polar surface area (TPSA) is 95.9 Å². The molecule has 0 aromatic heterocycles. The van der Waals surface area contributed by atoms with E-state index >= 15 is 0 Å². The second-order valence-corrected chi connectivity index (χ2v) is 27.4. The maximum atomic E-state index is 12.6. The van der Waals surface area contributed by atoms with Crippen molar-refractivity contribution in [3.05, 3.63) is 12.2 Å². The molecule has 0 bridgehead atoms. The molecule has 3 N–H and O–H groups in total. The van der Waals surface area contributed by atoms with E-state index in [0.29, 0.717) is 25.9 Å². The smallest absolute Gasteiger partial charge is 0.305 e. The summed E-state index contributed by atoms with van der Waals surface area (Å²) in [6.07, 6.45) is 94.5. The van der Waals surface area contributed by atoms with Gasteiger partial charge in [-0.2, -0.15) is 0 Å². The fourth-order valence-corrected chi connectivity index (χ4v) is 12.8. The lowest BCUT2D eigenvalue weighted by Gasteiger charge is -2.22. The monoisotopic (exact) mass is 1200 g/mol. The van der Waals surface area contributed by atoms with Crippen molar-refractivity contribution in [2.45, 2.75) is 469 Å². The number of aliphatic hydroxyl groups is 2. The maximum Gasteiger partial charge on any atom is 0.305 e. The molecule has 2 unspecified atom stereocenters. The number of amides is 1. The zero-order chi connectivity index (χ0) is 61.3. The SMILES string of the molecule is CCCCCCC/C=C\CCCCCCCC(=O)OCCCCCCCCCCCCCCCCCCCCCCCCCCCCCCCCCCCC(=O)NC(CO)C(O)CCCCCCCCCCCCCCCCCCCCCCC. The van der Waals surface area contributed by atoms with Crippen LogP contribution in [0.5, 0.6) is 0 Å². The highest BCUT2D eigenvalue weighted by atomic mass is 16.5. The zero-order valence-electron chi connectivity index (χ0n) is 58.1. The number of carbonyl (C=O) groups is 2. The molecule has 6 heteroatoms. The first-order chi connectivity index (χ1) is 42.0. The summed E-state index contributed by atoms with van der Waals surface area (Å²) in [7, 11) is 0. The minimum absolute atomic E-state index is 0.0143. The van der Waals surface area contributed by atoms with Gasteiger partial charge in [-0.1, -0.05) is 405 Å². The molecule has 6 nitrogen and oxygen atoms in total. The van der Waals surface area contributed by atoms with E-state index in [9.17, 15) is 19.8 Å². The summed E-state index contributed by atoms with van der Waals surface area (Å²) in [5, 5.41) is 23.5. The molecule has 0 aliphatic carbocycles. The number of carbonyl (C=O) groups excluding carboxylic acids is 2. The Kier molecular flexibility index (Phi) is 73.8. The molecule has 0 heterocycles. The van der Waals surface area contributed by atoms with Crippen LogP contribution in [0.15, 0.2) is 12.2 Å². The first-order valence-corrected chi connectivity index (χ1v) is 39.4. The minimum atomic E-state index is -0.661. The van der Waals surface area contributed by atoms with E-state index in [1.165, 1.54) is 379 Å². The summed E-state index contributed by atoms with van der Waals surface area (Å²) in [6.45, 7) is 5.00. The number of nitrogens with one attached hydrogen (secondary N) is 1. The third kappa shape index (κ3) is 71.6. The van der Waals surface area contributed by atoms with Gasteiger partial charge in [0.1, 0.15) is 0 Å². The van der Waals surface area contributed by atoms with Crippen molar-refractivity contribution in [1.82, 2.24) is 5.32 Å². The number of ether oxygens (including phenoxy) is 1. The number of rotatable bonds is 75. The fraction of sp³-hybridized carbons (Fsp3) is 0.949. The van der Waals surface area contributed by atoms with Crippen LogP contribution in [0.4, 0.5) is 0 Å². The lowest BCUT2D eigenvalue weighted by molar-refractivity contribution is -0.143. The second-order valence-electron chi connectivity index (χ2n) is 27.4. The summed E-state index contributed by atoms with van der Waals surface area (Å²) in [5.74, 6) is -0.0102. The largest absolute Gasteiger partial charge is 0.466 e. The molecule has 1 amide bonds. The van der Waals surface area contributed by atoms with Crippen LogP contribution in [0.25, 0.3) is 0 Å². The van der Waals surface area contributed by atoms with E-state index in [2.05, 4.69) is 31.3 Å². The summed E-state index contributed by atoms with van der Waals surface area (Å²) in [5.41, 5.74) is 0. The lowest BCUT2D eigenvalue weighted by Crippen LogP contribution is -2.45. The van der Waals surface area contributed by atoms with Gasteiger partial charge in [0.2, 0.25) is 5.91 Å². The molecular formula is C79H155NO5. The van der Waals surface area contributed by atoms with Crippen LogP contribution in [-0.4, -0.2) is 47.4 Å². The molecule has 0 spiro atoms. The molecule has 0 fully saturated rings. The standard InChI is InChI=1S/C79H155NO5/c1-3-5-7-9-11-13-15-17-19-20-21-35-38-41-44-47-51-55-59-63-67-71-77(82)76(75-81)80-78(83)72-68-64-60-56-52-48-45-42-39-36-33-31-29-27-25-23-22-24-26-28-30-32-34-37-40-43-46-50-54-58-62-66-70-74-85-79(84)73-69-65-61-57-53-49-18-16-14-12-10-8-6-4-2/h16,18,76-77,81-82H,3-15,17,19-75H2,1-2H3,(H,80,83)/b18-16-. The predicted octanol–water partition coefficient (Wildman–Crippen LogP) is 25.9. The van der Waals surface area contributed by atoms with Crippen LogP contribution < -0.4 is 5.32 Å². The van der Waals surface area contributed by atoms with Crippen LogP contribution in [0.1, 0.15) is 457 Å². The average molecular weight is 1200 g/mol. The Bertz CT molecular complexity index is 1290. The Balaban J connectivity index is 3.32. The van der Waals surface area contributed by atoms with Gasteiger partial charge in [-0.3, -0.25) is 9.59 Å². The number of aliphatic hydroxyl groups excluding tert-OH is 2. The van der Waals surface area contributed by atoms with Crippen molar-refractivity contribution in [3.63, 3.8) is 0 Å². The summed E-state index contributed by atoms with van der Waals surface area (Å²) in [6, 6.07) is -0.538. The summed E-state index contributed by atoms with van der Waals surface area (Å²) >= 11 is 0. The summed E-state index contributed by atoms with van der Waals surface area (Å²) < 4.78 is 5.49. The van der Waals surface area contributed by atoms with Gasteiger partial charge in [-0.15, -0.1) is 0 Å². The van der Waals surface area contributed by atoms with Gasteiger partial charge in [0, 0.05) is 12.8 Å². The molecule has 0 radical (unpaired) electrons. The Morgan fingerprint density at radius 2 is 0.553 bits per heavy atom. The van der Waals surface area contributed by atoms with E-state index in [4.69, 9.17) is 4.74 Å². The van der Waals surface area contributed by atoms with Crippen molar-refractivity contribution in [2.24, 2.45) is 0 Å². The second kappa shape index (κ2) is 75.1. The predicted molar refractivity (Wildman–Crippen MR) is 375 cm³/mol. The van der Waals surface area contributed by atoms with Gasteiger partial charge in [-0.25, -0.2) is 0 Å². The van der Waals surface area contributed by atoms with E-state index in [0.717, 1.165) is 44.9 Å². The van der Waals surface area contributed by atoms with E-state index in [1.807, 2.05) is 0 Å². The molecule has 0 saturated heterocycles. The highest BCUT2D eigenvalue weighted by Gasteiger charge is 2.20. The van der Waals surface area contributed by atoms with Crippen LogP contribution >= 0.6 is 0 Å². The van der Waals surface area contributed by atoms with Crippen molar-refractivity contribution in [3.8, 4) is 0 Å². The third-order valence-electron chi connectivity index (χ3n) is 18.8. The van der Waals surface area contributed by atoms with Crippen molar-refractivity contribution in [1.29, 1.82) is 0 Å². The van der Waals surface area contributed by atoms with E-state index in [1.54, 1.807) is 0 Å². The molecule has 85 heavy (non-hydrogen) atoms. The van der Waals surface area contributed by atoms with Crippen LogP contribution in [0.2, 0.25) is 0 Å². The Hall–Kier alpha value is -1.40. The molecule has 0 aliphatic heterocycles. The first kappa shape index (κ1) is 83.6. The molecule has 0 aromatic rings. The molecule has 0 aromatic carbocycles. The zero-order valence-corrected chi connectivity index (χ0v) is 58.1. The molecule has 506 valence electrons. The van der Waals surface area contributed by atoms with Gasteiger partial charge < -0.3 is 20.3 Å². The molecule has 0 aliphatic rings. The van der Waals surface area contributed by atoms with Gasteiger partial charge in [0.25, 0.3) is 0 Å². The van der Waals surface area contributed by atoms with Crippen molar-refractivity contribution < 1.29 is 24.5 Å².